The summed E-state index contributed by atoms with van der Waals surface area (Å²) in [5.74, 6) is 0. The van der Waals surface area contributed by atoms with E-state index in [1.807, 2.05) is 49.0 Å². The molecule has 8 nitrogen and oxygen atoms in total. The van der Waals surface area contributed by atoms with Gasteiger partial charge in [-0.05, 0) is 44.7 Å². The van der Waals surface area contributed by atoms with E-state index in [-0.39, 0.29) is 28.9 Å². The molecule has 8 heteroatoms. The van der Waals surface area contributed by atoms with Crippen molar-refractivity contribution in [2.75, 3.05) is 5.32 Å². The highest BCUT2D eigenvalue weighted by Gasteiger charge is 2.31. The number of hydrogen-bond donors (Lipinski definition) is 2. The Morgan fingerprint density at radius 2 is 1.69 bits per heavy atom. The molecule has 0 aliphatic heterocycles. The maximum atomic E-state index is 13.2. The summed E-state index contributed by atoms with van der Waals surface area (Å²) in [5, 5.41) is 3.35. The van der Waals surface area contributed by atoms with Crippen LogP contribution in [0.2, 0.25) is 0 Å². The lowest BCUT2D eigenvalue weighted by molar-refractivity contribution is 0.335. The minimum absolute atomic E-state index is 0.00764. The van der Waals surface area contributed by atoms with E-state index >= 15 is 0 Å². The maximum Gasteiger partial charge on any atom is 0.328 e. The second kappa shape index (κ2) is 8.00. The van der Waals surface area contributed by atoms with Crippen molar-refractivity contribution in [2.24, 2.45) is 7.05 Å². The van der Waals surface area contributed by atoms with Crippen molar-refractivity contribution >= 4 is 5.69 Å². The van der Waals surface area contributed by atoms with Gasteiger partial charge in [0.1, 0.15) is 5.69 Å². The Balaban J connectivity index is 1.51. The number of benzene rings is 1. The molecule has 3 aromatic rings. The lowest BCUT2D eigenvalue weighted by Crippen LogP contribution is -2.41. The highest BCUT2D eigenvalue weighted by Crippen LogP contribution is 2.32. The molecule has 2 heterocycles. The number of H-pyrrole nitrogens is 1. The highest BCUT2D eigenvalue weighted by molar-refractivity contribution is 5.51. The number of hydrogen-bond acceptors (Lipinski definition) is 4. The fraction of sp³-hybridized carbons (Fsp3) is 0.458. The predicted octanol–water partition coefficient (Wildman–Crippen LogP) is 2.94. The first kappa shape index (κ1) is 20.6. The standard InChI is InChI=1S/C24H29N5O3/c1-15-20(23(31)29(27(15)2)17-11-7-4-8-12-17)25-19-14-13-18-21(19)26-24(32)28(22(18)30)16-9-5-3-6-10-16/h4,7-8,11-12,16,19,25H,3,5-6,9-10,13-14H2,1-2H3,(H,26,32)/t19-/m0/s1. The van der Waals surface area contributed by atoms with E-state index in [2.05, 4.69) is 10.3 Å². The number of nitrogens with one attached hydrogen (secondary N) is 2. The second-order valence-electron chi connectivity index (χ2n) is 8.96. The van der Waals surface area contributed by atoms with Gasteiger partial charge < -0.3 is 10.3 Å². The van der Waals surface area contributed by atoms with Gasteiger partial charge in [0.2, 0.25) is 0 Å². The van der Waals surface area contributed by atoms with Crippen molar-refractivity contribution in [3.63, 3.8) is 0 Å². The van der Waals surface area contributed by atoms with Gasteiger partial charge >= 0.3 is 5.69 Å². The summed E-state index contributed by atoms with van der Waals surface area (Å²) in [6, 6.07) is 9.20. The minimum Gasteiger partial charge on any atom is -0.371 e. The Labute approximate surface area is 185 Å². The molecule has 5 rings (SSSR count). The van der Waals surface area contributed by atoms with Crippen LogP contribution in [-0.2, 0) is 13.5 Å². The molecule has 2 aliphatic rings. The van der Waals surface area contributed by atoms with Crippen molar-refractivity contribution in [3.05, 3.63) is 78.5 Å². The quantitative estimate of drug-likeness (QED) is 0.659. The van der Waals surface area contributed by atoms with Crippen LogP contribution in [0.5, 0.6) is 0 Å². The van der Waals surface area contributed by atoms with Gasteiger partial charge in [0.05, 0.1) is 23.1 Å². The van der Waals surface area contributed by atoms with Gasteiger partial charge in [-0.2, -0.15) is 0 Å². The van der Waals surface area contributed by atoms with Gasteiger partial charge in [-0.15, -0.1) is 0 Å². The Morgan fingerprint density at radius 3 is 2.41 bits per heavy atom. The number of fused-ring (bicyclic) bond motifs is 1. The molecule has 0 unspecified atom stereocenters. The molecular weight excluding hydrogens is 406 g/mol. The molecule has 0 amide bonds. The number of anilines is 1. The molecule has 2 N–H and O–H groups in total. The van der Waals surface area contributed by atoms with Gasteiger partial charge in [0.25, 0.3) is 11.1 Å². The summed E-state index contributed by atoms with van der Waals surface area (Å²) in [6.07, 6.45) is 6.29. The summed E-state index contributed by atoms with van der Waals surface area (Å²) >= 11 is 0. The van der Waals surface area contributed by atoms with Gasteiger partial charge in [0, 0.05) is 18.7 Å². The summed E-state index contributed by atoms with van der Waals surface area (Å²) < 4.78 is 4.88. The van der Waals surface area contributed by atoms with Crippen LogP contribution in [0.4, 0.5) is 5.69 Å². The molecular formula is C24H29N5O3. The molecule has 1 aromatic carbocycles. The number of aromatic amines is 1. The Morgan fingerprint density at radius 1 is 0.969 bits per heavy atom. The zero-order valence-corrected chi connectivity index (χ0v) is 18.6. The average Bonchev–Trinajstić information content (AvgIpc) is 3.29. The summed E-state index contributed by atoms with van der Waals surface area (Å²) in [7, 11) is 1.85. The molecule has 1 fully saturated rings. The van der Waals surface area contributed by atoms with Crippen LogP contribution in [0.15, 0.2) is 44.7 Å². The van der Waals surface area contributed by atoms with Crippen molar-refractivity contribution < 1.29 is 0 Å². The third kappa shape index (κ3) is 3.25. The van der Waals surface area contributed by atoms with E-state index in [1.54, 1.807) is 4.68 Å². The monoisotopic (exact) mass is 435 g/mol. The number of nitrogens with zero attached hydrogens (tertiary/aromatic N) is 3. The highest BCUT2D eigenvalue weighted by atomic mass is 16.2. The van der Waals surface area contributed by atoms with Gasteiger partial charge in [-0.3, -0.25) is 18.8 Å². The van der Waals surface area contributed by atoms with Gasteiger partial charge in [0.15, 0.2) is 0 Å². The first-order valence-corrected chi connectivity index (χ1v) is 11.5. The van der Waals surface area contributed by atoms with Crippen molar-refractivity contribution in [3.8, 4) is 5.69 Å². The molecule has 2 aromatic heterocycles. The summed E-state index contributed by atoms with van der Waals surface area (Å²) in [5.41, 5.74) is 2.73. The first-order valence-electron chi connectivity index (χ1n) is 11.5. The lowest BCUT2D eigenvalue weighted by Gasteiger charge is -2.23. The SMILES string of the molecule is Cc1c(N[C@H]2CCc3c2[nH]c(=O)n(C2CCCCC2)c3=O)c(=O)n(-c2ccccc2)n1C. The van der Waals surface area contributed by atoms with Crippen LogP contribution in [0, 0.1) is 6.92 Å². The van der Waals surface area contributed by atoms with Crippen LogP contribution < -0.4 is 22.1 Å². The Bertz CT molecular complexity index is 1320. The first-order chi connectivity index (χ1) is 15.5. The average molecular weight is 436 g/mol. The van der Waals surface area contributed by atoms with Crippen molar-refractivity contribution in [1.29, 1.82) is 0 Å². The van der Waals surface area contributed by atoms with Crippen LogP contribution in [-0.4, -0.2) is 18.9 Å². The van der Waals surface area contributed by atoms with E-state index in [0.29, 0.717) is 29.8 Å². The fourth-order valence-electron chi connectivity index (χ4n) is 5.30. The molecule has 0 radical (unpaired) electrons. The zero-order chi connectivity index (χ0) is 22.4. The van der Waals surface area contributed by atoms with E-state index in [4.69, 9.17) is 0 Å². The van der Waals surface area contributed by atoms with E-state index < -0.39 is 0 Å². The largest absolute Gasteiger partial charge is 0.371 e. The second-order valence-corrected chi connectivity index (χ2v) is 8.96. The molecule has 2 aliphatic carbocycles. The maximum absolute atomic E-state index is 13.2. The van der Waals surface area contributed by atoms with E-state index in [9.17, 15) is 14.4 Å². The van der Waals surface area contributed by atoms with Crippen LogP contribution in [0.3, 0.4) is 0 Å². The third-order valence-corrected chi connectivity index (χ3v) is 7.11. The molecule has 1 atom stereocenters. The third-order valence-electron chi connectivity index (χ3n) is 7.11. The minimum atomic E-state index is -0.333. The number of aromatic nitrogens is 4. The van der Waals surface area contributed by atoms with Crippen molar-refractivity contribution in [1.82, 2.24) is 18.9 Å². The Kier molecular flexibility index (Phi) is 5.15. The molecule has 0 bridgehead atoms. The van der Waals surface area contributed by atoms with Crippen LogP contribution >= 0.6 is 0 Å². The molecule has 1 saturated carbocycles. The molecule has 168 valence electrons. The summed E-state index contributed by atoms with van der Waals surface area (Å²) in [6.45, 7) is 1.89. The van der Waals surface area contributed by atoms with E-state index in [1.165, 1.54) is 4.57 Å². The lowest BCUT2D eigenvalue weighted by atomic mass is 9.95. The fourth-order valence-corrected chi connectivity index (χ4v) is 5.30. The number of rotatable bonds is 4. The van der Waals surface area contributed by atoms with Crippen LogP contribution in [0.25, 0.3) is 5.69 Å². The predicted molar refractivity (Wildman–Crippen MR) is 124 cm³/mol. The van der Waals surface area contributed by atoms with Crippen molar-refractivity contribution in [2.45, 2.75) is 64.0 Å². The normalized spacial score (nSPS) is 18.6. The zero-order valence-electron chi connectivity index (χ0n) is 18.6. The number of para-hydroxylation sites is 1. The molecule has 32 heavy (non-hydrogen) atoms. The summed E-state index contributed by atoms with van der Waals surface area (Å²) in [4.78, 5) is 42.3. The molecule has 0 spiro atoms. The van der Waals surface area contributed by atoms with Crippen LogP contribution in [0.1, 0.15) is 67.6 Å². The Hall–Kier alpha value is -3.29. The van der Waals surface area contributed by atoms with Gasteiger partial charge in [-0.25, -0.2) is 9.48 Å². The smallest absolute Gasteiger partial charge is 0.328 e. The van der Waals surface area contributed by atoms with Gasteiger partial charge in [-0.1, -0.05) is 37.5 Å². The van der Waals surface area contributed by atoms with E-state index in [0.717, 1.165) is 43.5 Å². The molecule has 0 saturated heterocycles. The topological polar surface area (TPSA) is 93.8 Å².